The molecule has 31 heavy (non-hydrogen) atoms. The number of hydrogen-bond donors (Lipinski definition) is 1. The highest BCUT2D eigenvalue weighted by Gasteiger charge is 2.26. The molecule has 1 N–H and O–H groups in total. The van der Waals surface area contributed by atoms with Crippen molar-refractivity contribution in [3.8, 4) is 0 Å². The van der Waals surface area contributed by atoms with Crippen LogP contribution in [0.2, 0.25) is 0 Å². The van der Waals surface area contributed by atoms with E-state index in [1.54, 1.807) is 11.3 Å². The number of morpholine rings is 1. The van der Waals surface area contributed by atoms with Gasteiger partial charge in [-0.1, -0.05) is 30.3 Å². The van der Waals surface area contributed by atoms with Crippen LogP contribution in [-0.2, 0) is 24.1 Å². The van der Waals surface area contributed by atoms with Crippen LogP contribution < -0.4 is 10.2 Å². The van der Waals surface area contributed by atoms with Gasteiger partial charge in [0.1, 0.15) is 20.9 Å². The number of anilines is 2. The van der Waals surface area contributed by atoms with E-state index in [4.69, 9.17) is 9.72 Å². The lowest BCUT2D eigenvalue weighted by molar-refractivity contribution is 0.122. The molecule has 0 saturated carbocycles. The Morgan fingerprint density at radius 2 is 1.81 bits per heavy atom. The molecule has 0 atom stereocenters. The summed E-state index contributed by atoms with van der Waals surface area (Å²) in [5.41, 5.74) is 4.96. The Hall–Kier alpha value is -2.84. The van der Waals surface area contributed by atoms with E-state index in [0.717, 1.165) is 65.8 Å². The smallest absolute Gasteiger partial charge is 0.170 e. The Kier molecular flexibility index (Phi) is 4.88. The van der Waals surface area contributed by atoms with Gasteiger partial charge in [-0.05, 0) is 47.6 Å². The predicted molar refractivity (Wildman–Crippen MR) is 124 cm³/mol. The molecule has 1 aliphatic carbocycles. The van der Waals surface area contributed by atoms with Crippen molar-refractivity contribution in [2.24, 2.45) is 0 Å². The SMILES string of the molecule is c1ccc(CNc2nnnc3c2sc2nc(N4CCOCC4)c4c(c23)CCCC4)cc1. The zero-order chi connectivity index (χ0) is 20.6. The quantitative estimate of drug-likeness (QED) is 0.523. The zero-order valence-corrected chi connectivity index (χ0v) is 18.1. The van der Waals surface area contributed by atoms with Gasteiger partial charge in [0.15, 0.2) is 5.82 Å². The van der Waals surface area contributed by atoms with Gasteiger partial charge in [-0.2, -0.15) is 0 Å². The second-order valence-electron chi connectivity index (χ2n) is 8.14. The molecule has 1 saturated heterocycles. The summed E-state index contributed by atoms with van der Waals surface area (Å²) in [6.45, 7) is 4.04. The van der Waals surface area contributed by atoms with E-state index < -0.39 is 0 Å². The van der Waals surface area contributed by atoms with E-state index in [2.05, 4.69) is 37.8 Å². The van der Waals surface area contributed by atoms with Crippen molar-refractivity contribution in [1.29, 1.82) is 0 Å². The Labute approximate surface area is 184 Å². The van der Waals surface area contributed by atoms with Crippen molar-refractivity contribution in [1.82, 2.24) is 20.4 Å². The van der Waals surface area contributed by atoms with Gasteiger partial charge in [-0.3, -0.25) is 0 Å². The molecule has 2 aliphatic rings. The van der Waals surface area contributed by atoms with Gasteiger partial charge in [-0.15, -0.1) is 21.5 Å². The maximum absolute atomic E-state index is 5.58. The third-order valence-electron chi connectivity index (χ3n) is 6.23. The minimum atomic E-state index is 0.702. The van der Waals surface area contributed by atoms with Crippen LogP contribution in [0.4, 0.5) is 11.6 Å². The van der Waals surface area contributed by atoms with E-state index in [1.807, 2.05) is 18.2 Å². The largest absolute Gasteiger partial charge is 0.378 e. The summed E-state index contributed by atoms with van der Waals surface area (Å²) in [5, 5.41) is 17.5. The molecule has 1 fully saturated rings. The fourth-order valence-electron chi connectivity index (χ4n) is 4.70. The maximum Gasteiger partial charge on any atom is 0.170 e. The summed E-state index contributed by atoms with van der Waals surface area (Å²) in [6.07, 6.45) is 4.59. The van der Waals surface area contributed by atoms with Crippen molar-refractivity contribution in [3.05, 3.63) is 47.0 Å². The molecule has 158 valence electrons. The number of rotatable bonds is 4. The monoisotopic (exact) mass is 432 g/mol. The first-order valence-corrected chi connectivity index (χ1v) is 11.8. The van der Waals surface area contributed by atoms with Crippen LogP contribution in [-0.4, -0.2) is 46.7 Å². The molecular weight excluding hydrogens is 408 g/mol. The van der Waals surface area contributed by atoms with Crippen molar-refractivity contribution in [2.75, 3.05) is 36.5 Å². The van der Waals surface area contributed by atoms with Gasteiger partial charge in [0.05, 0.1) is 13.2 Å². The topological polar surface area (TPSA) is 76.1 Å². The van der Waals surface area contributed by atoms with E-state index >= 15 is 0 Å². The summed E-state index contributed by atoms with van der Waals surface area (Å²) >= 11 is 1.68. The lowest BCUT2D eigenvalue weighted by Gasteiger charge is -2.31. The van der Waals surface area contributed by atoms with Crippen LogP contribution in [0.1, 0.15) is 29.5 Å². The molecule has 4 aromatic rings. The standard InChI is InChI=1S/C23H24N6OS/c1-2-6-15(7-3-1)14-24-21-20-19(26-28-27-21)18-16-8-4-5-9-17(16)22(25-23(18)31-20)29-10-12-30-13-11-29/h1-3,6-7H,4-5,8-14H2,(H,24,26,27). The number of pyridine rings is 1. The molecule has 0 unspecified atom stereocenters. The lowest BCUT2D eigenvalue weighted by atomic mass is 9.90. The van der Waals surface area contributed by atoms with Gasteiger partial charge in [-0.25, -0.2) is 4.98 Å². The third-order valence-corrected chi connectivity index (χ3v) is 7.31. The summed E-state index contributed by atoms with van der Waals surface area (Å²) in [7, 11) is 0. The van der Waals surface area contributed by atoms with Crippen molar-refractivity contribution >= 4 is 43.4 Å². The first kappa shape index (κ1) is 18.9. The number of nitrogens with one attached hydrogen (secondary N) is 1. The molecule has 0 amide bonds. The Morgan fingerprint density at radius 1 is 1.00 bits per heavy atom. The molecule has 0 bridgehead atoms. The molecule has 1 aliphatic heterocycles. The fourth-order valence-corrected chi connectivity index (χ4v) is 5.80. The highest BCUT2D eigenvalue weighted by atomic mass is 32.1. The van der Waals surface area contributed by atoms with E-state index in [-0.39, 0.29) is 0 Å². The molecule has 0 radical (unpaired) electrons. The van der Waals surface area contributed by atoms with Gasteiger partial charge >= 0.3 is 0 Å². The Morgan fingerprint density at radius 3 is 2.65 bits per heavy atom. The summed E-state index contributed by atoms with van der Waals surface area (Å²) in [5.74, 6) is 1.94. The molecule has 4 heterocycles. The van der Waals surface area contributed by atoms with Gasteiger partial charge in [0, 0.05) is 25.0 Å². The molecule has 3 aromatic heterocycles. The minimum Gasteiger partial charge on any atom is -0.378 e. The molecule has 1 aromatic carbocycles. The molecule has 8 heteroatoms. The molecule has 0 spiro atoms. The predicted octanol–water partition coefficient (Wildman–Crippen LogP) is 3.96. The summed E-state index contributed by atoms with van der Waals surface area (Å²) in [6, 6.07) is 10.3. The van der Waals surface area contributed by atoms with Crippen LogP contribution in [0.15, 0.2) is 30.3 Å². The van der Waals surface area contributed by atoms with Crippen LogP contribution in [0.25, 0.3) is 20.4 Å². The summed E-state index contributed by atoms with van der Waals surface area (Å²) < 4.78 is 6.62. The molecular formula is C23H24N6OS. The third kappa shape index (κ3) is 3.40. The van der Waals surface area contributed by atoms with Crippen LogP contribution >= 0.6 is 11.3 Å². The first-order chi connectivity index (χ1) is 15.4. The average Bonchev–Trinajstić information content (AvgIpc) is 3.23. The second kappa shape index (κ2) is 8.01. The van der Waals surface area contributed by atoms with Crippen LogP contribution in [0.3, 0.4) is 0 Å². The lowest BCUT2D eigenvalue weighted by Crippen LogP contribution is -2.37. The Bertz CT molecular complexity index is 1240. The minimum absolute atomic E-state index is 0.702. The number of fused-ring (bicyclic) bond motifs is 5. The number of ether oxygens (including phenoxy) is 1. The number of aryl methyl sites for hydroxylation is 1. The van der Waals surface area contributed by atoms with Crippen LogP contribution in [0, 0.1) is 0 Å². The second-order valence-corrected chi connectivity index (χ2v) is 9.14. The average molecular weight is 433 g/mol. The number of aromatic nitrogens is 4. The van der Waals surface area contributed by atoms with E-state index in [9.17, 15) is 0 Å². The maximum atomic E-state index is 5.58. The first-order valence-electron chi connectivity index (χ1n) is 11.0. The fraction of sp³-hybridized carbons (Fsp3) is 0.391. The molecule has 7 nitrogen and oxygen atoms in total. The van der Waals surface area contributed by atoms with Crippen LogP contribution in [0.5, 0.6) is 0 Å². The molecule has 6 rings (SSSR count). The van der Waals surface area contributed by atoms with E-state index in [0.29, 0.717) is 6.54 Å². The number of hydrogen-bond acceptors (Lipinski definition) is 8. The van der Waals surface area contributed by atoms with Crippen molar-refractivity contribution in [3.63, 3.8) is 0 Å². The number of benzene rings is 1. The Balaban J connectivity index is 1.47. The van der Waals surface area contributed by atoms with Gasteiger partial charge in [0.25, 0.3) is 0 Å². The zero-order valence-electron chi connectivity index (χ0n) is 17.3. The number of nitrogens with zero attached hydrogens (tertiary/aromatic N) is 5. The van der Waals surface area contributed by atoms with Crippen molar-refractivity contribution in [2.45, 2.75) is 32.2 Å². The normalized spacial score (nSPS) is 16.6. The van der Waals surface area contributed by atoms with E-state index in [1.165, 1.54) is 34.9 Å². The van der Waals surface area contributed by atoms with Gasteiger partial charge < -0.3 is 15.0 Å². The highest BCUT2D eigenvalue weighted by molar-refractivity contribution is 7.26. The highest BCUT2D eigenvalue weighted by Crippen LogP contribution is 2.42. The summed E-state index contributed by atoms with van der Waals surface area (Å²) in [4.78, 5) is 8.62. The van der Waals surface area contributed by atoms with Gasteiger partial charge in [0.2, 0.25) is 0 Å². The number of thiophene rings is 1. The van der Waals surface area contributed by atoms with Crippen molar-refractivity contribution < 1.29 is 4.74 Å².